The highest BCUT2D eigenvalue weighted by Crippen LogP contribution is 2.32. The van der Waals surface area contributed by atoms with Gasteiger partial charge in [0.1, 0.15) is 6.07 Å². The Morgan fingerprint density at radius 3 is 2.60 bits per heavy atom. The molecule has 5 nitrogen and oxygen atoms in total. The lowest BCUT2D eigenvalue weighted by molar-refractivity contribution is 0.380. The van der Waals surface area contributed by atoms with Crippen molar-refractivity contribution >= 4 is 46.4 Å². The maximum Gasteiger partial charge on any atom is 0.103 e. The molecule has 35 heavy (non-hydrogen) atoms. The van der Waals surface area contributed by atoms with Crippen LogP contribution in [0.5, 0.6) is 0 Å². The number of anilines is 2. The normalized spacial score (nSPS) is 14.4. The van der Waals surface area contributed by atoms with Crippen molar-refractivity contribution in [1.82, 2.24) is 14.3 Å². The van der Waals surface area contributed by atoms with Gasteiger partial charge in [-0.15, -0.1) is 0 Å². The van der Waals surface area contributed by atoms with Crippen molar-refractivity contribution in [3.8, 4) is 6.07 Å². The summed E-state index contributed by atoms with van der Waals surface area (Å²) in [6, 6.07) is 17.2. The van der Waals surface area contributed by atoms with Crippen LogP contribution < -0.4 is 5.32 Å². The number of pyridine rings is 1. The van der Waals surface area contributed by atoms with Crippen LogP contribution in [0.15, 0.2) is 59.8 Å². The summed E-state index contributed by atoms with van der Waals surface area (Å²) in [4.78, 5) is 9.00. The molecule has 1 aliphatic heterocycles. The molecule has 0 spiro atoms. The average molecular weight is 480 g/mol. The van der Waals surface area contributed by atoms with Crippen LogP contribution in [-0.4, -0.2) is 27.4 Å². The number of aromatic nitrogens is 2. The zero-order valence-corrected chi connectivity index (χ0v) is 21.0. The quantitative estimate of drug-likeness (QED) is 0.281. The lowest BCUT2D eigenvalue weighted by atomic mass is 10.0. The standard InChI is InChI=1S/C29H29N5S/c1-20-25-14-15-31-28(25)13-12-27(20)33-29-23(18-30)19-32-21(2)26(29)11-8-22-6-9-24(10-7-22)35-34-16-4-3-5-17-34/h6-15,19,31H,3-5,16-17H2,1-2H3,(H,32,33)/b11-8+. The topological polar surface area (TPSA) is 67.7 Å². The highest BCUT2D eigenvalue weighted by Gasteiger charge is 2.14. The molecule has 0 amide bonds. The first-order valence-corrected chi connectivity index (χ1v) is 12.8. The zero-order chi connectivity index (χ0) is 24.2. The number of rotatable bonds is 6. The van der Waals surface area contributed by atoms with Crippen molar-refractivity contribution in [2.45, 2.75) is 38.0 Å². The third-order valence-corrected chi connectivity index (χ3v) is 7.68. The van der Waals surface area contributed by atoms with Crippen LogP contribution >= 0.6 is 11.9 Å². The van der Waals surface area contributed by atoms with Gasteiger partial charge in [0.25, 0.3) is 0 Å². The van der Waals surface area contributed by atoms with Gasteiger partial charge in [0, 0.05) is 58.2 Å². The molecule has 2 aromatic carbocycles. The number of aromatic amines is 1. The fourth-order valence-corrected chi connectivity index (χ4v) is 5.52. The Hall–Kier alpha value is -3.53. The van der Waals surface area contributed by atoms with Crippen molar-refractivity contribution in [3.05, 3.63) is 82.8 Å². The molecule has 6 heteroatoms. The Kier molecular flexibility index (Phi) is 6.89. The van der Waals surface area contributed by atoms with Gasteiger partial charge in [-0.05, 0) is 80.1 Å². The maximum absolute atomic E-state index is 9.80. The van der Waals surface area contributed by atoms with Crippen molar-refractivity contribution in [3.63, 3.8) is 0 Å². The van der Waals surface area contributed by atoms with Crippen LogP contribution in [0, 0.1) is 25.2 Å². The Balaban J connectivity index is 1.41. The molecule has 0 saturated carbocycles. The number of hydrogen-bond donors (Lipinski definition) is 2. The minimum absolute atomic E-state index is 0.525. The average Bonchev–Trinajstić information content (AvgIpc) is 3.37. The summed E-state index contributed by atoms with van der Waals surface area (Å²) in [5, 5.41) is 14.5. The predicted molar refractivity (Wildman–Crippen MR) is 147 cm³/mol. The first kappa shape index (κ1) is 23.2. The highest BCUT2D eigenvalue weighted by molar-refractivity contribution is 7.97. The molecule has 3 heterocycles. The third-order valence-electron chi connectivity index (χ3n) is 6.57. The fourth-order valence-electron chi connectivity index (χ4n) is 4.52. The van der Waals surface area contributed by atoms with E-state index >= 15 is 0 Å². The monoisotopic (exact) mass is 479 g/mol. The summed E-state index contributed by atoms with van der Waals surface area (Å²) in [6.07, 6.45) is 11.7. The van der Waals surface area contributed by atoms with Crippen molar-refractivity contribution < 1.29 is 0 Å². The number of nitrogens with zero attached hydrogens (tertiary/aromatic N) is 3. The number of nitrogens with one attached hydrogen (secondary N) is 2. The van der Waals surface area contributed by atoms with Gasteiger partial charge in [-0.1, -0.05) is 30.7 Å². The number of aryl methyl sites for hydroxylation is 2. The summed E-state index contributed by atoms with van der Waals surface area (Å²) >= 11 is 1.85. The van der Waals surface area contributed by atoms with Gasteiger partial charge in [0.15, 0.2) is 0 Å². The van der Waals surface area contributed by atoms with Gasteiger partial charge < -0.3 is 10.3 Å². The molecule has 0 unspecified atom stereocenters. The van der Waals surface area contributed by atoms with Gasteiger partial charge in [-0.2, -0.15) is 5.26 Å². The molecule has 1 aliphatic rings. The summed E-state index contributed by atoms with van der Waals surface area (Å²) in [5.41, 5.74) is 7.44. The van der Waals surface area contributed by atoms with Gasteiger partial charge in [0.2, 0.25) is 0 Å². The molecular weight excluding hydrogens is 450 g/mol. The van der Waals surface area contributed by atoms with E-state index in [4.69, 9.17) is 0 Å². The van der Waals surface area contributed by atoms with Crippen LogP contribution in [0.2, 0.25) is 0 Å². The van der Waals surface area contributed by atoms with E-state index in [9.17, 15) is 5.26 Å². The van der Waals surface area contributed by atoms with Gasteiger partial charge in [0.05, 0.1) is 11.3 Å². The van der Waals surface area contributed by atoms with Gasteiger partial charge in [-0.25, -0.2) is 4.31 Å². The second kappa shape index (κ2) is 10.4. The van der Waals surface area contributed by atoms with Crippen molar-refractivity contribution in [1.29, 1.82) is 5.26 Å². The molecule has 0 aliphatic carbocycles. The smallest absolute Gasteiger partial charge is 0.103 e. The summed E-state index contributed by atoms with van der Waals surface area (Å²) in [7, 11) is 0. The van der Waals surface area contributed by atoms with Crippen LogP contribution in [0.1, 0.15) is 47.2 Å². The number of piperidine rings is 1. The number of fused-ring (bicyclic) bond motifs is 1. The SMILES string of the molecule is Cc1ncc(C#N)c(Nc2ccc3[nH]ccc3c2C)c1/C=C/c1ccc(SN2CCCCC2)cc1. The molecule has 0 radical (unpaired) electrons. The zero-order valence-electron chi connectivity index (χ0n) is 20.1. The van der Waals surface area contributed by atoms with E-state index in [1.165, 1.54) is 42.6 Å². The Morgan fingerprint density at radius 2 is 1.83 bits per heavy atom. The lowest BCUT2D eigenvalue weighted by Gasteiger charge is -2.24. The molecule has 4 aromatic rings. The molecule has 1 fully saturated rings. The number of benzene rings is 2. The minimum atomic E-state index is 0.525. The molecule has 2 N–H and O–H groups in total. The largest absolute Gasteiger partial charge is 0.361 e. The Morgan fingerprint density at radius 1 is 1.03 bits per heavy atom. The number of H-pyrrole nitrogens is 1. The van der Waals surface area contributed by atoms with Crippen LogP contribution in [0.4, 0.5) is 11.4 Å². The maximum atomic E-state index is 9.80. The molecule has 176 valence electrons. The molecule has 0 atom stereocenters. The van der Waals surface area contributed by atoms with E-state index in [1.807, 2.05) is 25.1 Å². The van der Waals surface area contributed by atoms with E-state index in [2.05, 4.69) is 87.2 Å². The Bertz CT molecular complexity index is 1410. The Labute approximate surface area is 211 Å². The summed E-state index contributed by atoms with van der Waals surface area (Å²) < 4.78 is 2.46. The van der Waals surface area contributed by atoms with Crippen LogP contribution in [-0.2, 0) is 0 Å². The van der Waals surface area contributed by atoms with E-state index in [0.717, 1.165) is 39.3 Å². The third kappa shape index (κ3) is 5.12. The molecule has 0 bridgehead atoms. The molecule has 2 aromatic heterocycles. The minimum Gasteiger partial charge on any atom is -0.361 e. The van der Waals surface area contributed by atoms with Crippen molar-refractivity contribution in [2.24, 2.45) is 0 Å². The first-order chi connectivity index (χ1) is 17.1. The first-order valence-electron chi connectivity index (χ1n) is 12.1. The second-order valence-electron chi connectivity index (χ2n) is 8.94. The molecule has 5 rings (SSSR count). The van der Waals surface area contributed by atoms with E-state index in [1.54, 1.807) is 6.20 Å². The van der Waals surface area contributed by atoms with Crippen molar-refractivity contribution in [2.75, 3.05) is 18.4 Å². The van der Waals surface area contributed by atoms with E-state index in [0.29, 0.717) is 5.56 Å². The van der Waals surface area contributed by atoms with Gasteiger partial charge in [-0.3, -0.25) is 4.98 Å². The summed E-state index contributed by atoms with van der Waals surface area (Å²) in [6.45, 7) is 6.41. The van der Waals surface area contributed by atoms with Crippen LogP contribution in [0.3, 0.4) is 0 Å². The number of nitriles is 1. The lowest BCUT2D eigenvalue weighted by Crippen LogP contribution is -2.22. The van der Waals surface area contributed by atoms with E-state index < -0.39 is 0 Å². The van der Waals surface area contributed by atoms with E-state index in [-0.39, 0.29) is 0 Å². The molecular formula is C29H29N5S. The number of hydrogen-bond acceptors (Lipinski definition) is 5. The predicted octanol–water partition coefficient (Wildman–Crippen LogP) is 7.46. The fraction of sp³-hybridized carbons (Fsp3) is 0.241. The second-order valence-corrected chi connectivity index (χ2v) is 10.1. The molecule has 1 saturated heterocycles. The van der Waals surface area contributed by atoms with Gasteiger partial charge >= 0.3 is 0 Å². The highest BCUT2D eigenvalue weighted by atomic mass is 32.2. The summed E-state index contributed by atoms with van der Waals surface area (Å²) in [5.74, 6) is 0. The van der Waals surface area contributed by atoms with Crippen LogP contribution in [0.25, 0.3) is 23.1 Å².